The first-order valence-corrected chi connectivity index (χ1v) is 9.04. The Morgan fingerprint density at radius 3 is 2.42 bits per heavy atom. The van der Waals surface area contributed by atoms with Crippen LogP contribution in [0.5, 0.6) is 0 Å². The molecule has 3 fully saturated rings. The summed E-state index contributed by atoms with van der Waals surface area (Å²) in [7, 11) is 0. The van der Waals surface area contributed by atoms with Gasteiger partial charge in [0, 0.05) is 0 Å². The molecule has 0 aromatic carbocycles. The Balaban J connectivity index is 1.86. The summed E-state index contributed by atoms with van der Waals surface area (Å²) in [6.45, 7) is 10.2. The molecule has 0 aromatic rings. The van der Waals surface area contributed by atoms with Gasteiger partial charge in [-0.2, -0.15) is 0 Å². The van der Waals surface area contributed by atoms with E-state index in [1.54, 1.807) is 19.3 Å². The van der Waals surface area contributed by atoms with Gasteiger partial charge in [0.2, 0.25) is 0 Å². The standard InChI is InChI=1S/C19H34/c1-13(2)15-8-5-9-18-16(15)10-11-17-14(3)7-6-12-19(17,18)4/h13-18H,5-12H2,1-4H3. The van der Waals surface area contributed by atoms with Crippen molar-refractivity contribution >= 4 is 0 Å². The molecule has 0 spiro atoms. The second kappa shape index (κ2) is 5.08. The molecule has 0 amide bonds. The van der Waals surface area contributed by atoms with Gasteiger partial charge in [-0.15, -0.1) is 0 Å². The molecule has 3 rings (SSSR count). The maximum absolute atomic E-state index is 2.69. The predicted octanol–water partition coefficient (Wildman–Crippen LogP) is 5.91. The molecule has 0 aliphatic heterocycles. The molecule has 3 aliphatic carbocycles. The van der Waals surface area contributed by atoms with Crippen LogP contribution in [-0.4, -0.2) is 0 Å². The highest BCUT2D eigenvalue weighted by atomic mass is 14.6. The van der Waals surface area contributed by atoms with Gasteiger partial charge < -0.3 is 0 Å². The topological polar surface area (TPSA) is 0 Å². The Morgan fingerprint density at radius 1 is 0.895 bits per heavy atom. The highest BCUT2D eigenvalue weighted by Crippen LogP contribution is 2.62. The molecule has 6 atom stereocenters. The molecule has 3 saturated carbocycles. The van der Waals surface area contributed by atoms with Gasteiger partial charge in [0.25, 0.3) is 0 Å². The van der Waals surface area contributed by atoms with Crippen molar-refractivity contribution in [3.8, 4) is 0 Å². The monoisotopic (exact) mass is 262 g/mol. The van der Waals surface area contributed by atoms with Gasteiger partial charge in [-0.25, -0.2) is 0 Å². The summed E-state index contributed by atoms with van der Waals surface area (Å²) >= 11 is 0. The Hall–Kier alpha value is 0. The fraction of sp³-hybridized carbons (Fsp3) is 1.00. The van der Waals surface area contributed by atoms with Crippen LogP contribution in [0.25, 0.3) is 0 Å². The van der Waals surface area contributed by atoms with Gasteiger partial charge in [-0.05, 0) is 73.0 Å². The summed E-state index contributed by atoms with van der Waals surface area (Å²) in [6.07, 6.45) is 12.2. The molecule has 0 radical (unpaired) electrons. The first-order chi connectivity index (χ1) is 9.04. The molecular formula is C19H34. The molecule has 3 aliphatic rings. The lowest BCUT2D eigenvalue weighted by Crippen LogP contribution is -2.51. The smallest absolute Gasteiger partial charge is 0.0264 e. The van der Waals surface area contributed by atoms with Crippen LogP contribution in [0, 0.1) is 40.9 Å². The first-order valence-electron chi connectivity index (χ1n) is 9.04. The van der Waals surface area contributed by atoms with E-state index in [0.29, 0.717) is 5.41 Å². The van der Waals surface area contributed by atoms with E-state index in [9.17, 15) is 0 Å². The van der Waals surface area contributed by atoms with Gasteiger partial charge in [0.15, 0.2) is 0 Å². The first kappa shape index (κ1) is 14.0. The zero-order valence-electron chi connectivity index (χ0n) is 13.6. The van der Waals surface area contributed by atoms with E-state index in [4.69, 9.17) is 0 Å². The Labute approximate surface area is 120 Å². The summed E-state index contributed by atoms with van der Waals surface area (Å²) in [5, 5.41) is 0. The molecule has 0 heteroatoms. The lowest BCUT2D eigenvalue weighted by Gasteiger charge is -2.59. The second-order valence-corrected chi connectivity index (χ2v) is 8.67. The summed E-state index contributed by atoms with van der Waals surface area (Å²) in [4.78, 5) is 0. The van der Waals surface area contributed by atoms with Crippen molar-refractivity contribution in [2.75, 3.05) is 0 Å². The molecule has 0 heterocycles. The molecule has 0 saturated heterocycles. The SMILES string of the molecule is CC(C)C1CCCC2C1CCC1C(C)CCCC12C. The van der Waals surface area contributed by atoms with Crippen molar-refractivity contribution in [3.63, 3.8) is 0 Å². The van der Waals surface area contributed by atoms with Crippen LogP contribution in [0.4, 0.5) is 0 Å². The number of fused-ring (bicyclic) bond motifs is 3. The summed E-state index contributed by atoms with van der Waals surface area (Å²) < 4.78 is 0. The van der Waals surface area contributed by atoms with Crippen LogP contribution in [0.15, 0.2) is 0 Å². The van der Waals surface area contributed by atoms with E-state index in [1.165, 1.54) is 32.1 Å². The number of rotatable bonds is 1. The molecule has 0 nitrogen and oxygen atoms in total. The van der Waals surface area contributed by atoms with Gasteiger partial charge in [0.05, 0.1) is 0 Å². The van der Waals surface area contributed by atoms with Crippen molar-refractivity contribution in [1.29, 1.82) is 0 Å². The second-order valence-electron chi connectivity index (χ2n) is 8.67. The van der Waals surface area contributed by atoms with E-state index in [1.807, 2.05) is 0 Å². The number of hydrogen-bond acceptors (Lipinski definition) is 0. The van der Waals surface area contributed by atoms with Crippen molar-refractivity contribution in [1.82, 2.24) is 0 Å². The minimum absolute atomic E-state index is 0.703. The van der Waals surface area contributed by atoms with Crippen LogP contribution in [0.3, 0.4) is 0 Å². The average molecular weight is 262 g/mol. The van der Waals surface area contributed by atoms with E-state index < -0.39 is 0 Å². The maximum atomic E-state index is 2.69. The molecular weight excluding hydrogens is 228 g/mol. The Kier molecular flexibility index (Phi) is 3.73. The minimum atomic E-state index is 0.703. The third-order valence-electron chi connectivity index (χ3n) is 7.54. The number of hydrogen-bond donors (Lipinski definition) is 0. The highest BCUT2D eigenvalue weighted by Gasteiger charge is 2.53. The molecule has 0 aromatic heterocycles. The zero-order chi connectivity index (χ0) is 13.6. The predicted molar refractivity (Wildman–Crippen MR) is 83.0 cm³/mol. The quantitative estimate of drug-likeness (QED) is 0.551. The lowest BCUT2D eigenvalue weighted by atomic mass is 9.46. The zero-order valence-corrected chi connectivity index (χ0v) is 13.6. The van der Waals surface area contributed by atoms with Crippen LogP contribution < -0.4 is 0 Å². The molecule has 0 N–H and O–H groups in total. The van der Waals surface area contributed by atoms with Gasteiger partial charge in [-0.3, -0.25) is 0 Å². The fourth-order valence-corrected chi connectivity index (χ4v) is 6.65. The van der Waals surface area contributed by atoms with Gasteiger partial charge in [-0.1, -0.05) is 47.0 Å². The van der Waals surface area contributed by atoms with Crippen molar-refractivity contribution in [3.05, 3.63) is 0 Å². The summed E-state index contributed by atoms with van der Waals surface area (Å²) in [5.74, 6) is 6.13. The van der Waals surface area contributed by atoms with Crippen LogP contribution in [0.1, 0.15) is 79.1 Å². The highest BCUT2D eigenvalue weighted by molar-refractivity contribution is 5.02. The van der Waals surface area contributed by atoms with Crippen LogP contribution >= 0.6 is 0 Å². The molecule has 0 bridgehead atoms. The van der Waals surface area contributed by atoms with Crippen LogP contribution in [-0.2, 0) is 0 Å². The molecule has 19 heavy (non-hydrogen) atoms. The lowest BCUT2D eigenvalue weighted by molar-refractivity contribution is -0.0999. The largest absolute Gasteiger partial charge is 0.0625 e. The van der Waals surface area contributed by atoms with Crippen molar-refractivity contribution < 1.29 is 0 Å². The average Bonchev–Trinajstić information content (AvgIpc) is 2.37. The molecule has 110 valence electrons. The van der Waals surface area contributed by atoms with E-state index in [-0.39, 0.29) is 0 Å². The maximum Gasteiger partial charge on any atom is -0.0264 e. The van der Waals surface area contributed by atoms with Gasteiger partial charge in [0.1, 0.15) is 0 Å². The third kappa shape index (κ3) is 2.18. The fourth-order valence-electron chi connectivity index (χ4n) is 6.65. The normalized spacial score (nSPS) is 50.7. The minimum Gasteiger partial charge on any atom is -0.0625 e. The van der Waals surface area contributed by atoms with E-state index in [0.717, 1.165) is 35.5 Å². The Bertz CT molecular complexity index is 318. The van der Waals surface area contributed by atoms with Crippen molar-refractivity contribution in [2.45, 2.75) is 79.1 Å². The third-order valence-corrected chi connectivity index (χ3v) is 7.54. The van der Waals surface area contributed by atoms with E-state index in [2.05, 4.69) is 27.7 Å². The van der Waals surface area contributed by atoms with E-state index >= 15 is 0 Å². The van der Waals surface area contributed by atoms with Crippen molar-refractivity contribution in [2.24, 2.45) is 40.9 Å². The van der Waals surface area contributed by atoms with Gasteiger partial charge >= 0.3 is 0 Å². The Morgan fingerprint density at radius 2 is 1.68 bits per heavy atom. The molecule has 6 unspecified atom stereocenters. The van der Waals surface area contributed by atoms with Crippen LogP contribution in [0.2, 0.25) is 0 Å². The summed E-state index contributed by atoms with van der Waals surface area (Å²) in [6, 6.07) is 0. The summed E-state index contributed by atoms with van der Waals surface area (Å²) in [5.41, 5.74) is 0.703.